The van der Waals surface area contributed by atoms with Crippen LogP contribution in [-0.2, 0) is 19.1 Å². The first-order chi connectivity index (χ1) is 8.40. The fraction of sp³-hybridized carbons (Fsp3) is 0.727. The number of nitrogens with one attached hydrogen (secondary N) is 2. The Morgan fingerprint density at radius 2 is 1.89 bits per heavy atom. The second-order valence-electron chi connectivity index (χ2n) is 4.25. The van der Waals surface area contributed by atoms with Crippen LogP contribution in [0.25, 0.3) is 0 Å². The molecule has 0 aliphatic rings. The van der Waals surface area contributed by atoms with Crippen LogP contribution >= 0.6 is 0 Å². The predicted octanol–water partition coefficient (Wildman–Crippen LogP) is -1.23. The number of esters is 1. The zero-order chi connectivity index (χ0) is 14.1. The SMILES string of the molecule is COC(=O)CNC(=O)C(CC(C)C)NC(=O)CN. The number of methoxy groups -OCH3 is 1. The van der Waals surface area contributed by atoms with Crippen molar-refractivity contribution in [3.05, 3.63) is 0 Å². The third-order valence-corrected chi connectivity index (χ3v) is 2.18. The van der Waals surface area contributed by atoms with Crippen LogP contribution in [0.4, 0.5) is 0 Å². The van der Waals surface area contributed by atoms with E-state index in [2.05, 4.69) is 15.4 Å². The Morgan fingerprint density at radius 1 is 1.28 bits per heavy atom. The predicted molar refractivity (Wildman–Crippen MR) is 65.5 cm³/mol. The average Bonchev–Trinajstić information content (AvgIpc) is 2.33. The van der Waals surface area contributed by atoms with E-state index in [0.29, 0.717) is 6.42 Å². The molecule has 18 heavy (non-hydrogen) atoms. The highest BCUT2D eigenvalue weighted by atomic mass is 16.5. The first-order valence-corrected chi connectivity index (χ1v) is 5.74. The van der Waals surface area contributed by atoms with Crippen LogP contribution < -0.4 is 16.4 Å². The van der Waals surface area contributed by atoms with Crippen LogP contribution in [0.5, 0.6) is 0 Å². The minimum Gasteiger partial charge on any atom is -0.468 e. The number of amides is 2. The molecule has 0 rings (SSSR count). The molecule has 104 valence electrons. The van der Waals surface area contributed by atoms with Gasteiger partial charge in [0, 0.05) is 0 Å². The van der Waals surface area contributed by atoms with Gasteiger partial charge in [-0.15, -0.1) is 0 Å². The molecule has 0 aromatic heterocycles. The Bertz CT molecular complexity index is 305. The fourth-order valence-electron chi connectivity index (χ4n) is 1.31. The lowest BCUT2D eigenvalue weighted by Crippen LogP contribution is -2.50. The average molecular weight is 259 g/mol. The van der Waals surface area contributed by atoms with E-state index < -0.39 is 23.8 Å². The van der Waals surface area contributed by atoms with Crippen molar-refractivity contribution < 1.29 is 19.1 Å². The summed E-state index contributed by atoms with van der Waals surface area (Å²) >= 11 is 0. The molecular weight excluding hydrogens is 238 g/mol. The number of carbonyl (C=O) groups excluding carboxylic acids is 3. The third-order valence-electron chi connectivity index (χ3n) is 2.18. The van der Waals surface area contributed by atoms with Gasteiger partial charge in [0.2, 0.25) is 11.8 Å². The molecule has 0 spiro atoms. The second-order valence-corrected chi connectivity index (χ2v) is 4.25. The summed E-state index contributed by atoms with van der Waals surface area (Å²) < 4.78 is 4.40. The van der Waals surface area contributed by atoms with Gasteiger partial charge in [-0.3, -0.25) is 14.4 Å². The second kappa shape index (κ2) is 8.46. The summed E-state index contributed by atoms with van der Waals surface area (Å²) in [6.07, 6.45) is 0.471. The van der Waals surface area contributed by atoms with E-state index in [1.807, 2.05) is 13.8 Å². The van der Waals surface area contributed by atoms with E-state index in [9.17, 15) is 14.4 Å². The van der Waals surface area contributed by atoms with Gasteiger partial charge in [0.15, 0.2) is 0 Å². The van der Waals surface area contributed by atoms with Gasteiger partial charge in [-0.1, -0.05) is 13.8 Å². The number of ether oxygens (including phenoxy) is 1. The Morgan fingerprint density at radius 3 is 2.33 bits per heavy atom. The smallest absolute Gasteiger partial charge is 0.325 e. The molecule has 0 aliphatic heterocycles. The van der Waals surface area contributed by atoms with Crippen molar-refractivity contribution in [2.24, 2.45) is 11.7 Å². The monoisotopic (exact) mass is 259 g/mol. The lowest BCUT2D eigenvalue weighted by atomic mass is 10.0. The van der Waals surface area contributed by atoms with E-state index in [1.165, 1.54) is 7.11 Å². The van der Waals surface area contributed by atoms with Gasteiger partial charge in [0.05, 0.1) is 13.7 Å². The number of hydrogen-bond acceptors (Lipinski definition) is 5. The van der Waals surface area contributed by atoms with E-state index in [1.54, 1.807) is 0 Å². The van der Waals surface area contributed by atoms with Crippen molar-refractivity contribution in [3.8, 4) is 0 Å². The standard InChI is InChI=1S/C11H21N3O4/c1-7(2)4-8(14-9(15)5-12)11(17)13-6-10(16)18-3/h7-8H,4-6,12H2,1-3H3,(H,13,17)(H,14,15). The molecule has 7 nitrogen and oxygen atoms in total. The fourth-order valence-corrected chi connectivity index (χ4v) is 1.31. The molecule has 1 atom stereocenters. The van der Waals surface area contributed by atoms with E-state index >= 15 is 0 Å². The van der Waals surface area contributed by atoms with Crippen molar-refractivity contribution in [2.45, 2.75) is 26.3 Å². The zero-order valence-corrected chi connectivity index (χ0v) is 11.0. The third kappa shape index (κ3) is 6.85. The Labute approximate surface area is 106 Å². The molecular formula is C11H21N3O4. The lowest BCUT2D eigenvalue weighted by molar-refractivity contribution is -0.141. The van der Waals surface area contributed by atoms with E-state index in [0.717, 1.165) is 0 Å². The molecule has 7 heteroatoms. The normalized spacial score (nSPS) is 11.8. The summed E-state index contributed by atoms with van der Waals surface area (Å²) in [5.41, 5.74) is 5.18. The van der Waals surface area contributed by atoms with Gasteiger partial charge in [-0.25, -0.2) is 0 Å². The first-order valence-electron chi connectivity index (χ1n) is 5.74. The summed E-state index contributed by atoms with van der Waals surface area (Å²) in [5, 5.41) is 4.91. The van der Waals surface area contributed by atoms with E-state index in [-0.39, 0.29) is 19.0 Å². The summed E-state index contributed by atoms with van der Waals surface area (Å²) in [7, 11) is 1.23. The maximum Gasteiger partial charge on any atom is 0.325 e. The van der Waals surface area contributed by atoms with Crippen molar-refractivity contribution in [3.63, 3.8) is 0 Å². The van der Waals surface area contributed by atoms with Crippen LogP contribution in [0.15, 0.2) is 0 Å². The highest BCUT2D eigenvalue weighted by molar-refractivity contribution is 5.90. The molecule has 0 fully saturated rings. The van der Waals surface area contributed by atoms with Gasteiger partial charge in [-0.05, 0) is 12.3 Å². The highest BCUT2D eigenvalue weighted by Crippen LogP contribution is 2.04. The molecule has 0 heterocycles. The molecule has 4 N–H and O–H groups in total. The molecule has 0 aromatic carbocycles. The zero-order valence-electron chi connectivity index (χ0n) is 11.0. The molecule has 0 aliphatic carbocycles. The number of rotatable bonds is 7. The van der Waals surface area contributed by atoms with Gasteiger partial charge < -0.3 is 21.1 Å². The minimum absolute atomic E-state index is 0.182. The van der Waals surface area contributed by atoms with Crippen molar-refractivity contribution in [1.29, 1.82) is 0 Å². The van der Waals surface area contributed by atoms with Gasteiger partial charge in [0.25, 0.3) is 0 Å². The first kappa shape index (κ1) is 16.4. The van der Waals surface area contributed by atoms with Crippen LogP contribution in [0.3, 0.4) is 0 Å². The topological polar surface area (TPSA) is 111 Å². The molecule has 2 amide bonds. The Balaban J connectivity index is 4.39. The van der Waals surface area contributed by atoms with Crippen molar-refractivity contribution in [2.75, 3.05) is 20.2 Å². The summed E-state index contributed by atoms with van der Waals surface area (Å²) in [6, 6.07) is -0.689. The largest absolute Gasteiger partial charge is 0.468 e. The Hall–Kier alpha value is -1.63. The maximum atomic E-state index is 11.8. The molecule has 0 saturated heterocycles. The highest BCUT2D eigenvalue weighted by Gasteiger charge is 2.21. The van der Waals surface area contributed by atoms with Crippen LogP contribution in [0.2, 0.25) is 0 Å². The molecule has 0 aromatic rings. The molecule has 0 radical (unpaired) electrons. The van der Waals surface area contributed by atoms with Crippen LogP contribution in [0.1, 0.15) is 20.3 Å². The molecule has 1 unspecified atom stereocenters. The van der Waals surface area contributed by atoms with Gasteiger partial charge in [-0.2, -0.15) is 0 Å². The van der Waals surface area contributed by atoms with Crippen molar-refractivity contribution in [1.82, 2.24) is 10.6 Å². The number of carbonyl (C=O) groups is 3. The number of nitrogens with two attached hydrogens (primary N) is 1. The number of hydrogen-bond donors (Lipinski definition) is 3. The Kier molecular flexibility index (Phi) is 7.69. The summed E-state index contributed by atoms with van der Waals surface area (Å²) in [5.74, 6) is -1.15. The molecule has 0 saturated carbocycles. The minimum atomic E-state index is -0.689. The maximum absolute atomic E-state index is 11.8. The van der Waals surface area contributed by atoms with Crippen LogP contribution in [-0.4, -0.2) is 44.0 Å². The molecule has 0 bridgehead atoms. The summed E-state index contributed by atoms with van der Waals surface area (Å²) in [4.78, 5) is 33.9. The quantitative estimate of drug-likeness (QED) is 0.496. The lowest BCUT2D eigenvalue weighted by Gasteiger charge is -2.19. The van der Waals surface area contributed by atoms with Gasteiger partial charge in [0.1, 0.15) is 12.6 Å². The van der Waals surface area contributed by atoms with Crippen LogP contribution in [0, 0.1) is 5.92 Å². The van der Waals surface area contributed by atoms with E-state index in [4.69, 9.17) is 5.73 Å². The van der Waals surface area contributed by atoms with Gasteiger partial charge >= 0.3 is 5.97 Å². The van der Waals surface area contributed by atoms with Crippen molar-refractivity contribution >= 4 is 17.8 Å². The summed E-state index contributed by atoms with van der Waals surface area (Å²) in [6.45, 7) is 3.45.